The summed E-state index contributed by atoms with van der Waals surface area (Å²) in [5.74, 6) is 1.51. The fraction of sp³-hybridized carbons (Fsp3) is 0.0741. The molecule has 5 aromatic rings. The van der Waals surface area contributed by atoms with Crippen LogP contribution in [0.4, 0.5) is 5.82 Å². The van der Waals surface area contributed by atoms with Crippen LogP contribution in [0.5, 0.6) is 11.8 Å². The van der Waals surface area contributed by atoms with Crippen molar-refractivity contribution >= 4 is 5.82 Å². The Hall–Kier alpha value is -4.45. The molecular formula is C27H19N5O. The van der Waals surface area contributed by atoms with Gasteiger partial charge in [0, 0.05) is 0 Å². The Morgan fingerprint density at radius 2 is 1.42 bits per heavy atom. The van der Waals surface area contributed by atoms with E-state index in [1.165, 1.54) is 17.5 Å². The lowest BCUT2D eigenvalue weighted by Gasteiger charge is -2.37. The first-order chi connectivity index (χ1) is 16.2. The maximum atomic E-state index is 6.58. The Kier molecular flexibility index (Phi) is 3.46. The SMILES string of the molecule is Cc1nn(-c2ccccc2)c2c1C1(c3ccccc3-c3ccccc31)c1c(N)ncnc1O2. The molecule has 0 amide bonds. The van der Waals surface area contributed by atoms with Gasteiger partial charge in [0.05, 0.1) is 27.9 Å². The van der Waals surface area contributed by atoms with Crippen molar-refractivity contribution in [2.75, 3.05) is 5.73 Å². The number of anilines is 1. The molecule has 1 spiro atoms. The third-order valence-corrected chi connectivity index (χ3v) is 6.76. The third-order valence-electron chi connectivity index (χ3n) is 6.76. The highest BCUT2D eigenvalue weighted by atomic mass is 16.5. The summed E-state index contributed by atoms with van der Waals surface area (Å²) in [5.41, 5.74) is 14.0. The van der Waals surface area contributed by atoms with Gasteiger partial charge in [-0.3, -0.25) is 0 Å². The Labute approximate surface area is 190 Å². The van der Waals surface area contributed by atoms with Gasteiger partial charge in [0.25, 0.3) is 0 Å². The topological polar surface area (TPSA) is 78.9 Å². The number of hydrogen-bond acceptors (Lipinski definition) is 5. The molecule has 0 saturated carbocycles. The van der Waals surface area contributed by atoms with Gasteiger partial charge in [-0.2, -0.15) is 5.10 Å². The smallest absolute Gasteiger partial charge is 0.231 e. The van der Waals surface area contributed by atoms with Crippen molar-refractivity contribution in [1.82, 2.24) is 19.7 Å². The van der Waals surface area contributed by atoms with Crippen LogP contribution in [0.25, 0.3) is 16.8 Å². The van der Waals surface area contributed by atoms with Gasteiger partial charge in [0.15, 0.2) is 0 Å². The number of rotatable bonds is 1. The van der Waals surface area contributed by atoms with Crippen LogP contribution in [0.1, 0.15) is 27.9 Å². The Morgan fingerprint density at radius 3 is 2.12 bits per heavy atom. The molecule has 1 aliphatic heterocycles. The maximum Gasteiger partial charge on any atom is 0.231 e. The molecule has 2 aromatic heterocycles. The van der Waals surface area contributed by atoms with Crippen molar-refractivity contribution in [3.8, 4) is 28.6 Å². The molecule has 0 atom stereocenters. The molecule has 33 heavy (non-hydrogen) atoms. The number of benzene rings is 3. The predicted octanol–water partition coefficient (Wildman–Crippen LogP) is 5.02. The van der Waals surface area contributed by atoms with Gasteiger partial charge in [-0.15, -0.1) is 0 Å². The fourth-order valence-electron chi connectivity index (χ4n) is 5.58. The third kappa shape index (κ3) is 2.15. The highest BCUT2D eigenvalue weighted by molar-refractivity contribution is 5.89. The van der Waals surface area contributed by atoms with E-state index in [2.05, 4.69) is 58.5 Å². The molecule has 6 nitrogen and oxygen atoms in total. The van der Waals surface area contributed by atoms with E-state index in [-0.39, 0.29) is 0 Å². The lowest BCUT2D eigenvalue weighted by Crippen LogP contribution is -2.34. The summed E-state index contributed by atoms with van der Waals surface area (Å²) in [6.45, 7) is 2.03. The molecule has 7 rings (SSSR count). The summed E-state index contributed by atoms with van der Waals surface area (Å²) in [6.07, 6.45) is 1.45. The van der Waals surface area contributed by atoms with Gasteiger partial charge in [0.2, 0.25) is 11.8 Å². The van der Waals surface area contributed by atoms with E-state index in [0.29, 0.717) is 17.6 Å². The van der Waals surface area contributed by atoms with E-state index < -0.39 is 5.41 Å². The number of fused-ring (bicyclic) bond motifs is 9. The molecule has 2 N–H and O–H groups in total. The quantitative estimate of drug-likeness (QED) is 0.396. The van der Waals surface area contributed by atoms with E-state index in [1.54, 1.807) is 0 Å². The van der Waals surface area contributed by atoms with Crippen LogP contribution >= 0.6 is 0 Å². The Morgan fingerprint density at radius 1 is 0.788 bits per heavy atom. The van der Waals surface area contributed by atoms with Crippen molar-refractivity contribution in [3.05, 3.63) is 113 Å². The van der Waals surface area contributed by atoms with Gasteiger partial charge in [-0.25, -0.2) is 14.6 Å². The summed E-state index contributed by atoms with van der Waals surface area (Å²) < 4.78 is 8.31. The second kappa shape index (κ2) is 6.29. The average Bonchev–Trinajstić information content (AvgIpc) is 3.34. The molecule has 0 saturated heterocycles. The second-order valence-corrected chi connectivity index (χ2v) is 8.40. The summed E-state index contributed by atoms with van der Waals surface area (Å²) in [7, 11) is 0. The molecule has 2 aliphatic rings. The Balaban J connectivity index is 1.69. The van der Waals surface area contributed by atoms with E-state index in [9.17, 15) is 0 Å². The largest absolute Gasteiger partial charge is 0.420 e. The monoisotopic (exact) mass is 429 g/mol. The van der Waals surface area contributed by atoms with Gasteiger partial charge < -0.3 is 10.5 Å². The summed E-state index contributed by atoms with van der Waals surface area (Å²) in [4.78, 5) is 8.92. The highest BCUT2D eigenvalue weighted by Crippen LogP contribution is 2.63. The average molecular weight is 429 g/mol. The lowest BCUT2D eigenvalue weighted by atomic mass is 9.67. The first-order valence-corrected chi connectivity index (χ1v) is 10.8. The van der Waals surface area contributed by atoms with Gasteiger partial charge in [-0.1, -0.05) is 66.7 Å². The normalized spacial score (nSPS) is 14.2. The molecule has 1 aliphatic carbocycles. The number of para-hydroxylation sites is 1. The second-order valence-electron chi connectivity index (χ2n) is 8.40. The molecule has 0 bridgehead atoms. The molecule has 3 heterocycles. The number of aromatic nitrogens is 4. The number of nitrogens with two attached hydrogens (primary N) is 1. The van der Waals surface area contributed by atoms with Crippen LogP contribution in [0.2, 0.25) is 0 Å². The van der Waals surface area contributed by atoms with Crippen LogP contribution in [-0.2, 0) is 5.41 Å². The van der Waals surface area contributed by atoms with Crippen LogP contribution in [0, 0.1) is 6.92 Å². The van der Waals surface area contributed by atoms with Crippen LogP contribution < -0.4 is 10.5 Å². The van der Waals surface area contributed by atoms with E-state index >= 15 is 0 Å². The molecule has 3 aromatic carbocycles. The zero-order valence-electron chi connectivity index (χ0n) is 17.9. The molecule has 0 radical (unpaired) electrons. The van der Waals surface area contributed by atoms with Crippen molar-refractivity contribution in [3.63, 3.8) is 0 Å². The first-order valence-electron chi connectivity index (χ1n) is 10.8. The minimum Gasteiger partial charge on any atom is -0.420 e. The van der Waals surface area contributed by atoms with Crippen LogP contribution in [0.3, 0.4) is 0 Å². The molecule has 158 valence electrons. The molecule has 6 heteroatoms. The van der Waals surface area contributed by atoms with Crippen molar-refractivity contribution in [1.29, 1.82) is 0 Å². The Bertz CT molecular complexity index is 1530. The molecule has 0 fully saturated rings. The number of hydrogen-bond donors (Lipinski definition) is 1. The van der Waals surface area contributed by atoms with Crippen LogP contribution in [-0.4, -0.2) is 19.7 Å². The van der Waals surface area contributed by atoms with Crippen molar-refractivity contribution in [2.45, 2.75) is 12.3 Å². The fourth-order valence-corrected chi connectivity index (χ4v) is 5.58. The highest BCUT2D eigenvalue weighted by Gasteiger charge is 2.55. The predicted molar refractivity (Wildman–Crippen MR) is 126 cm³/mol. The minimum absolute atomic E-state index is 0.406. The zero-order chi connectivity index (χ0) is 22.2. The standard InChI is InChI=1S/C27H19N5O/c1-16-22-26(32(31-16)17-9-3-2-4-10-17)33-25-23(24(28)29-15-30-25)27(22)20-13-7-5-11-18(20)19-12-6-8-14-21(19)27/h2-15H,1H3,(H2,28,29,30). The van der Waals surface area contributed by atoms with Crippen molar-refractivity contribution < 1.29 is 4.74 Å². The lowest BCUT2D eigenvalue weighted by molar-refractivity contribution is 0.390. The van der Waals surface area contributed by atoms with E-state index in [0.717, 1.165) is 33.6 Å². The summed E-state index contributed by atoms with van der Waals surface area (Å²) >= 11 is 0. The first kappa shape index (κ1) is 18.2. The van der Waals surface area contributed by atoms with Crippen molar-refractivity contribution in [2.24, 2.45) is 0 Å². The number of aryl methyl sites for hydroxylation is 1. The number of nitrogens with zero attached hydrogens (tertiary/aromatic N) is 4. The summed E-state index contributed by atoms with van der Waals surface area (Å²) in [6, 6.07) is 26.9. The van der Waals surface area contributed by atoms with Gasteiger partial charge >= 0.3 is 0 Å². The van der Waals surface area contributed by atoms with E-state index in [4.69, 9.17) is 15.6 Å². The molecular weight excluding hydrogens is 410 g/mol. The van der Waals surface area contributed by atoms with Crippen LogP contribution in [0.15, 0.2) is 85.2 Å². The van der Waals surface area contributed by atoms with Gasteiger partial charge in [-0.05, 0) is 41.3 Å². The number of nitrogen functional groups attached to an aromatic ring is 1. The summed E-state index contributed by atoms with van der Waals surface area (Å²) in [5, 5.41) is 4.94. The minimum atomic E-state index is -0.724. The maximum absolute atomic E-state index is 6.58. The van der Waals surface area contributed by atoms with Gasteiger partial charge in [0.1, 0.15) is 12.1 Å². The number of ether oxygens (including phenoxy) is 1. The molecule has 0 unspecified atom stereocenters. The zero-order valence-corrected chi connectivity index (χ0v) is 17.9. The van der Waals surface area contributed by atoms with E-state index in [1.807, 2.05) is 41.9 Å².